The molecule has 0 aromatic carbocycles. The predicted molar refractivity (Wildman–Crippen MR) is 61.8 cm³/mol. The molecule has 1 aliphatic heterocycles. The number of nitrogens with zero attached hydrogens (tertiary/aromatic N) is 1. The Kier molecular flexibility index (Phi) is 4.22. The summed E-state index contributed by atoms with van der Waals surface area (Å²) >= 11 is 0. The highest BCUT2D eigenvalue weighted by Crippen LogP contribution is 2.12. The maximum atomic E-state index is 11.7. The van der Waals surface area contributed by atoms with E-state index >= 15 is 0 Å². The van der Waals surface area contributed by atoms with Crippen molar-refractivity contribution in [2.75, 3.05) is 7.05 Å². The topological polar surface area (TPSA) is 92.5 Å². The van der Waals surface area contributed by atoms with Crippen LogP contribution in [0.25, 0.3) is 0 Å². The van der Waals surface area contributed by atoms with Crippen LogP contribution in [0.5, 0.6) is 0 Å². The van der Waals surface area contributed by atoms with Gasteiger partial charge < -0.3 is 11.1 Å². The van der Waals surface area contributed by atoms with E-state index in [1.807, 2.05) is 13.8 Å². The molecule has 3 N–H and O–H groups in total. The molecule has 0 aromatic rings. The summed E-state index contributed by atoms with van der Waals surface area (Å²) in [5.41, 5.74) is 5.74. The second kappa shape index (κ2) is 5.27. The largest absolute Gasteiger partial charge is 0.342 e. The van der Waals surface area contributed by atoms with Gasteiger partial charge in [-0.15, -0.1) is 0 Å². The smallest absolute Gasteiger partial charge is 0.252 e. The van der Waals surface area contributed by atoms with E-state index in [-0.39, 0.29) is 30.1 Å². The average molecular weight is 241 g/mol. The lowest BCUT2D eigenvalue weighted by molar-refractivity contribution is -0.138. The molecule has 0 radical (unpaired) electrons. The summed E-state index contributed by atoms with van der Waals surface area (Å²) in [5.74, 6) is -0.988. The first-order chi connectivity index (χ1) is 7.88. The van der Waals surface area contributed by atoms with Gasteiger partial charge in [0.2, 0.25) is 11.8 Å². The number of rotatable bonds is 4. The first-order valence-electron chi connectivity index (χ1n) is 5.74. The second-order valence-corrected chi connectivity index (χ2v) is 4.47. The van der Waals surface area contributed by atoms with E-state index in [9.17, 15) is 14.4 Å². The molecule has 1 aliphatic rings. The molecule has 0 bridgehead atoms. The monoisotopic (exact) mass is 241 g/mol. The van der Waals surface area contributed by atoms with Gasteiger partial charge >= 0.3 is 0 Å². The zero-order chi connectivity index (χ0) is 13.2. The third kappa shape index (κ3) is 2.82. The van der Waals surface area contributed by atoms with Gasteiger partial charge in [0.15, 0.2) is 0 Å². The fourth-order valence-electron chi connectivity index (χ4n) is 1.65. The van der Waals surface area contributed by atoms with Crippen molar-refractivity contribution in [3.8, 4) is 0 Å². The van der Waals surface area contributed by atoms with Crippen molar-refractivity contribution in [2.45, 2.75) is 38.8 Å². The van der Waals surface area contributed by atoms with Crippen LogP contribution in [-0.4, -0.2) is 41.8 Å². The van der Waals surface area contributed by atoms with E-state index in [0.29, 0.717) is 0 Å². The third-order valence-corrected chi connectivity index (χ3v) is 3.26. The molecular formula is C11H19N3O3. The summed E-state index contributed by atoms with van der Waals surface area (Å²) in [6, 6.07) is -1.40. The Balaban J connectivity index is 2.58. The van der Waals surface area contributed by atoms with Crippen LogP contribution in [0.3, 0.4) is 0 Å². The van der Waals surface area contributed by atoms with E-state index in [4.69, 9.17) is 5.73 Å². The van der Waals surface area contributed by atoms with Crippen molar-refractivity contribution in [1.29, 1.82) is 0 Å². The van der Waals surface area contributed by atoms with Gasteiger partial charge in [0.25, 0.3) is 5.91 Å². The van der Waals surface area contributed by atoms with Gasteiger partial charge in [-0.05, 0) is 5.92 Å². The fourth-order valence-corrected chi connectivity index (χ4v) is 1.65. The van der Waals surface area contributed by atoms with Crippen molar-refractivity contribution >= 4 is 17.7 Å². The average Bonchev–Trinajstić information content (AvgIpc) is 2.55. The molecule has 96 valence electrons. The summed E-state index contributed by atoms with van der Waals surface area (Å²) < 4.78 is 0. The Morgan fingerprint density at radius 2 is 2.18 bits per heavy atom. The van der Waals surface area contributed by atoms with Crippen LogP contribution in [0.15, 0.2) is 0 Å². The highest BCUT2D eigenvalue weighted by atomic mass is 16.2. The van der Waals surface area contributed by atoms with E-state index in [0.717, 1.165) is 11.3 Å². The van der Waals surface area contributed by atoms with Crippen molar-refractivity contribution in [3.05, 3.63) is 0 Å². The summed E-state index contributed by atoms with van der Waals surface area (Å²) in [5, 5.41) is 2.53. The molecule has 3 atom stereocenters. The highest BCUT2D eigenvalue weighted by Gasteiger charge is 2.37. The zero-order valence-electron chi connectivity index (χ0n) is 10.4. The molecule has 17 heavy (non-hydrogen) atoms. The van der Waals surface area contributed by atoms with Gasteiger partial charge in [0, 0.05) is 7.05 Å². The summed E-state index contributed by atoms with van der Waals surface area (Å²) in [7, 11) is 1.41. The SMILES string of the molecule is CCC(C)C(N)C(=O)NC1CC(=O)N(C)C1=O. The molecule has 3 unspecified atom stereocenters. The van der Waals surface area contributed by atoms with Crippen LogP contribution in [-0.2, 0) is 14.4 Å². The van der Waals surface area contributed by atoms with Crippen molar-refractivity contribution in [2.24, 2.45) is 11.7 Å². The molecule has 1 fully saturated rings. The Bertz CT molecular complexity index is 343. The Morgan fingerprint density at radius 1 is 1.59 bits per heavy atom. The van der Waals surface area contributed by atoms with Crippen LogP contribution in [0.1, 0.15) is 26.7 Å². The van der Waals surface area contributed by atoms with E-state index in [1.165, 1.54) is 7.05 Å². The van der Waals surface area contributed by atoms with Crippen LogP contribution in [0, 0.1) is 5.92 Å². The summed E-state index contributed by atoms with van der Waals surface area (Å²) in [6.07, 6.45) is 0.806. The molecule has 1 heterocycles. The van der Waals surface area contributed by atoms with Crippen molar-refractivity contribution in [1.82, 2.24) is 10.2 Å². The number of imide groups is 1. The number of likely N-dealkylation sites (N-methyl/N-ethyl adjacent to an activating group) is 1. The molecule has 0 saturated carbocycles. The number of hydrogen-bond acceptors (Lipinski definition) is 4. The van der Waals surface area contributed by atoms with Crippen LogP contribution >= 0.6 is 0 Å². The maximum Gasteiger partial charge on any atom is 0.252 e. The summed E-state index contributed by atoms with van der Waals surface area (Å²) in [6.45, 7) is 3.81. The molecule has 1 rings (SSSR count). The minimum atomic E-state index is -0.755. The quantitative estimate of drug-likeness (QED) is 0.632. The number of carbonyl (C=O) groups excluding carboxylic acids is 3. The molecular weight excluding hydrogens is 222 g/mol. The first-order valence-corrected chi connectivity index (χ1v) is 5.74. The number of nitrogens with one attached hydrogen (secondary N) is 1. The molecule has 0 aliphatic carbocycles. The zero-order valence-corrected chi connectivity index (χ0v) is 10.4. The molecule has 6 heteroatoms. The van der Waals surface area contributed by atoms with Crippen LogP contribution in [0.2, 0.25) is 0 Å². The Hall–Kier alpha value is -1.43. The van der Waals surface area contributed by atoms with Gasteiger partial charge in [0.05, 0.1) is 12.5 Å². The van der Waals surface area contributed by atoms with E-state index < -0.39 is 12.1 Å². The number of likely N-dealkylation sites (tertiary alicyclic amines) is 1. The van der Waals surface area contributed by atoms with E-state index in [1.54, 1.807) is 0 Å². The normalized spacial score (nSPS) is 23.8. The van der Waals surface area contributed by atoms with Gasteiger partial charge in [-0.3, -0.25) is 19.3 Å². The Morgan fingerprint density at radius 3 is 2.59 bits per heavy atom. The van der Waals surface area contributed by atoms with Crippen LogP contribution in [0.4, 0.5) is 0 Å². The summed E-state index contributed by atoms with van der Waals surface area (Å²) in [4.78, 5) is 35.6. The minimum Gasteiger partial charge on any atom is -0.342 e. The second-order valence-electron chi connectivity index (χ2n) is 4.47. The lowest BCUT2D eigenvalue weighted by Gasteiger charge is -2.19. The van der Waals surface area contributed by atoms with Crippen LogP contribution < -0.4 is 11.1 Å². The highest BCUT2D eigenvalue weighted by molar-refractivity contribution is 6.06. The van der Waals surface area contributed by atoms with Crippen molar-refractivity contribution < 1.29 is 14.4 Å². The number of carbonyl (C=O) groups is 3. The molecule has 0 spiro atoms. The molecule has 0 aromatic heterocycles. The van der Waals surface area contributed by atoms with Gasteiger partial charge in [-0.25, -0.2) is 0 Å². The fraction of sp³-hybridized carbons (Fsp3) is 0.727. The minimum absolute atomic E-state index is 0.0221. The number of nitrogens with two attached hydrogens (primary N) is 1. The number of hydrogen-bond donors (Lipinski definition) is 2. The third-order valence-electron chi connectivity index (χ3n) is 3.26. The van der Waals surface area contributed by atoms with Gasteiger partial charge in [-0.2, -0.15) is 0 Å². The lowest BCUT2D eigenvalue weighted by atomic mass is 9.99. The Labute approximate surface area is 101 Å². The maximum absolute atomic E-state index is 11.7. The van der Waals surface area contributed by atoms with E-state index in [2.05, 4.69) is 5.32 Å². The number of amides is 3. The predicted octanol–water partition coefficient (Wildman–Crippen LogP) is -0.767. The first kappa shape index (κ1) is 13.6. The van der Waals surface area contributed by atoms with Gasteiger partial charge in [-0.1, -0.05) is 20.3 Å². The van der Waals surface area contributed by atoms with Crippen molar-refractivity contribution in [3.63, 3.8) is 0 Å². The molecule has 3 amide bonds. The van der Waals surface area contributed by atoms with Gasteiger partial charge in [0.1, 0.15) is 6.04 Å². The lowest BCUT2D eigenvalue weighted by Crippen LogP contribution is -2.50. The molecule has 6 nitrogen and oxygen atoms in total. The molecule has 1 saturated heterocycles. The standard InChI is InChI=1S/C11H19N3O3/c1-4-6(2)9(12)10(16)13-7-5-8(15)14(3)11(7)17/h6-7,9H,4-5,12H2,1-3H3,(H,13,16).